The van der Waals surface area contributed by atoms with Crippen LogP contribution in [0.3, 0.4) is 0 Å². The van der Waals surface area contributed by atoms with E-state index in [0.717, 1.165) is 30.9 Å². The molecule has 0 aliphatic heterocycles. The van der Waals surface area contributed by atoms with Gasteiger partial charge in [0.2, 0.25) is 0 Å². The van der Waals surface area contributed by atoms with Crippen LogP contribution in [-0.4, -0.2) is 39.3 Å². The predicted octanol–water partition coefficient (Wildman–Crippen LogP) is 3.34. The van der Waals surface area contributed by atoms with Gasteiger partial charge in [0, 0.05) is 18.2 Å². The van der Waals surface area contributed by atoms with E-state index in [1.807, 2.05) is 18.2 Å². The summed E-state index contributed by atoms with van der Waals surface area (Å²) in [5, 5.41) is 7.25. The zero-order chi connectivity index (χ0) is 14.5. The summed E-state index contributed by atoms with van der Waals surface area (Å²) >= 11 is 5.33. The van der Waals surface area contributed by atoms with Gasteiger partial charge < -0.3 is 9.47 Å². The largest absolute Gasteiger partial charge is 0.304 e. The molecule has 0 amide bonds. The second-order valence-electron chi connectivity index (χ2n) is 5.30. The Morgan fingerprint density at radius 3 is 2.65 bits per heavy atom. The normalized spacial score (nSPS) is 11.4. The third-order valence-corrected chi connectivity index (χ3v) is 3.88. The fourth-order valence-corrected chi connectivity index (χ4v) is 2.29. The summed E-state index contributed by atoms with van der Waals surface area (Å²) in [6, 6.07) is 10.7. The summed E-state index contributed by atoms with van der Waals surface area (Å²) in [4.78, 5) is 2.34. The average Bonchev–Trinajstić information content (AvgIpc) is 2.81. The average molecular weight is 290 g/mol. The van der Waals surface area contributed by atoms with Gasteiger partial charge in [-0.25, -0.2) is 0 Å². The highest BCUT2D eigenvalue weighted by Gasteiger charge is 2.09. The molecule has 0 saturated carbocycles. The number of H-pyrrole nitrogens is 1. The number of aromatic amines is 1. The molecule has 1 N–H and O–H groups in total. The Morgan fingerprint density at radius 2 is 2.00 bits per heavy atom. The van der Waals surface area contributed by atoms with Crippen LogP contribution in [0.5, 0.6) is 0 Å². The summed E-state index contributed by atoms with van der Waals surface area (Å²) in [7, 11) is 2.15. The molecule has 0 atom stereocenters. The zero-order valence-corrected chi connectivity index (χ0v) is 13.2. The van der Waals surface area contributed by atoms with Crippen molar-refractivity contribution in [3.63, 3.8) is 0 Å². The molecular formula is C15H22N4S. The van der Waals surface area contributed by atoms with Crippen molar-refractivity contribution < 1.29 is 0 Å². The van der Waals surface area contributed by atoms with Gasteiger partial charge in [0.25, 0.3) is 0 Å². The smallest absolute Gasteiger partial charge is 0.195 e. The van der Waals surface area contributed by atoms with Crippen molar-refractivity contribution in [3.8, 4) is 11.4 Å². The van der Waals surface area contributed by atoms with Crippen LogP contribution >= 0.6 is 12.2 Å². The lowest BCUT2D eigenvalue weighted by Gasteiger charge is -2.20. The molecule has 1 aromatic carbocycles. The van der Waals surface area contributed by atoms with E-state index in [-0.39, 0.29) is 0 Å². The highest BCUT2D eigenvalue weighted by atomic mass is 32.1. The lowest BCUT2D eigenvalue weighted by Crippen LogP contribution is -2.28. The Bertz CT molecular complexity index is 585. The van der Waals surface area contributed by atoms with Crippen LogP contribution in [0.1, 0.15) is 20.3 Å². The maximum atomic E-state index is 5.33. The van der Waals surface area contributed by atoms with Crippen LogP contribution in [0.15, 0.2) is 30.3 Å². The molecule has 2 rings (SSSR count). The lowest BCUT2D eigenvalue weighted by atomic mass is 10.2. The molecule has 0 saturated heterocycles. The Kier molecular flexibility index (Phi) is 5.09. The van der Waals surface area contributed by atoms with E-state index in [2.05, 4.69) is 52.7 Å². The first kappa shape index (κ1) is 14.9. The van der Waals surface area contributed by atoms with Gasteiger partial charge in [-0.15, -0.1) is 0 Å². The van der Waals surface area contributed by atoms with Crippen LogP contribution in [0, 0.1) is 4.77 Å². The van der Waals surface area contributed by atoms with Crippen molar-refractivity contribution in [1.82, 2.24) is 19.7 Å². The number of nitrogens with zero attached hydrogens (tertiary/aromatic N) is 3. The number of hydrogen-bond acceptors (Lipinski definition) is 3. The molecule has 0 aliphatic carbocycles. The molecule has 2 aromatic rings. The van der Waals surface area contributed by atoms with Gasteiger partial charge in [0.05, 0.1) is 0 Å². The molecule has 0 aliphatic rings. The number of benzene rings is 1. The summed E-state index contributed by atoms with van der Waals surface area (Å²) in [6.07, 6.45) is 1.06. The summed E-state index contributed by atoms with van der Waals surface area (Å²) < 4.78 is 2.77. The van der Waals surface area contributed by atoms with E-state index in [1.165, 1.54) is 0 Å². The first-order chi connectivity index (χ1) is 9.59. The minimum Gasteiger partial charge on any atom is -0.304 e. The number of nitrogens with one attached hydrogen (secondary N) is 1. The first-order valence-electron chi connectivity index (χ1n) is 7.00. The number of aromatic nitrogens is 3. The molecule has 0 bridgehead atoms. The predicted molar refractivity (Wildman–Crippen MR) is 85.2 cm³/mol. The standard InChI is InChI=1S/C15H22N4S/c1-12(2)18(3)10-7-11-19-14(16-17-15(19)20)13-8-5-4-6-9-13/h4-6,8-9,12H,7,10-11H2,1-3H3,(H,17,20). The van der Waals surface area contributed by atoms with E-state index in [4.69, 9.17) is 12.2 Å². The minimum absolute atomic E-state index is 0.570. The van der Waals surface area contributed by atoms with Gasteiger partial charge >= 0.3 is 0 Å². The van der Waals surface area contributed by atoms with Crippen LogP contribution in [0.4, 0.5) is 0 Å². The van der Waals surface area contributed by atoms with Crippen molar-refractivity contribution in [2.24, 2.45) is 0 Å². The fourth-order valence-electron chi connectivity index (χ4n) is 2.07. The maximum Gasteiger partial charge on any atom is 0.195 e. The molecule has 20 heavy (non-hydrogen) atoms. The van der Waals surface area contributed by atoms with E-state index in [0.29, 0.717) is 10.8 Å². The summed E-state index contributed by atoms with van der Waals surface area (Å²) in [5.41, 5.74) is 1.09. The van der Waals surface area contributed by atoms with Crippen molar-refractivity contribution in [2.45, 2.75) is 32.9 Å². The zero-order valence-electron chi connectivity index (χ0n) is 12.3. The highest BCUT2D eigenvalue weighted by Crippen LogP contribution is 2.17. The van der Waals surface area contributed by atoms with Crippen molar-refractivity contribution >= 4 is 12.2 Å². The molecular weight excluding hydrogens is 268 g/mol. The molecule has 0 spiro atoms. The molecule has 0 unspecified atom stereocenters. The van der Waals surface area contributed by atoms with Gasteiger partial charge in [-0.05, 0) is 46.1 Å². The Balaban J connectivity index is 2.09. The number of hydrogen-bond donors (Lipinski definition) is 1. The lowest BCUT2D eigenvalue weighted by molar-refractivity contribution is 0.265. The van der Waals surface area contributed by atoms with Gasteiger partial charge in [-0.1, -0.05) is 30.3 Å². The summed E-state index contributed by atoms with van der Waals surface area (Å²) in [6.45, 7) is 6.35. The Hall–Kier alpha value is -1.46. The third-order valence-electron chi connectivity index (χ3n) is 3.56. The quantitative estimate of drug-likeness (QED) is 0.829. The number of rotatable bonds is 6. The van der Waals surface area contributed by atoms with E-state index < -0.39 is 0 Å². The fraction of sp³-hybridized carbons (Fsp3) is 0.467. The van der Waals surface area contributed by atoms with E-state index in [9.17, 15) is 0 Å². The van der Waals surface area contributed by atoms with Crippen LogP contribution in [0.2, 0.25) is 0 Å². The van der Waals surface area contributed by atoms with Gasteiger partial charge in [0.15, 0.2) is 10.6 Å². The molecule has 4 nitrogen and oxygen atoms in total. The van der Waals surface area contributed by atoms with Crippen LogP contribution < -0.4 is 0 Å². The minimum atomic E-state index is 0.570. The van der Waals surface area contributed by atoms with Gasteiger partial charge in [-0.3, -0.25) is 5.10 Å². The highest BCUT2D eigenvalue weighted by molar-refractivity contribution is 7.71. The van der Waals surface area contributed by atoms with E-state index in [1.54, 1.807) is 0 Å². The SMILES string of the molecule is CC(C)N(C)CCCn1c(-c2ccccc2)n[nH]c1=S. The van der Waals surface area contributed by atoms with E-state index >= 15 is 0 Å². The molecule has 0 fully saturated rings. The molecule has 0 radical (unpaired) electrons. The summed E-state index contributed by atoms with van der Waals surface area (Å²) in [5.74, 6) is 0.919. The monoisotopic (exact) mass is 290 g/mol. The van der Waals surface area contributed by atoms with Crippen LogP contribution in [-0.2, 0) is 6.54 Å². The van der Waals surface area contributed by atoms with Gasteiger partial charge in [-0.2, -0.15) is 5.10 Å². The Labute approximate surface area is 125 Å². The maximum absolute atomic E-state index is 5.33. The molecule has 108 valence electrons. The molecule has 1 aromatic heterocycles. The topological polar surface area (TPSA) is 36.9 Å². The second-order valence-corrected chi connectivity index (χ2v) is 5.68. The van der Waals surface area contributed by atoms with Gasteiger partial charge in [0.1, 0.15) is 0 Å². The van der Waals surface area contributed by atoms with Crippen LogP contribution in [0.25, 0.3) is 11.4 Å². The Morgan fingerprint density at radius 1 is 1.30 bits per heavy atom. The molecule has 5 heteroatoms. The third kappa shape index (κ3) is 3.55. The van der Waals surface area contributed by atoms with Crippen molar-refractivity contribution in [3.05, 3.63) is 35.1 Å². The first-order valence-corrected chi connectivity index (χ1v) is 7.41. The molecule has 1 heterocycles. The van der Waals surface area contributed by atoms with Crippen molar-refractivity contribution in [1.29, 1.82) is 0 Å². The second kappa shape index (κ2) is 6.81. The van der Waals surface area contributed by atoms with Crippen molar-refractivity contribution in [2.75, 3.05) is 13.6 Å².